The molecule has 0 saturated heterocycles. The van der Waals surface area contributed by atoms with Gasteiger partial charge in [-0.2, -0.15) is 5.26 Å². The van der Waals surface area contributed by atoms with E-state index < -0.39 is 17.9 Å². The normalized spacial score (nSPS) is 27.9. The third kappa shape index (κ3) is 4.51. The van der Waals surface area contributed by atoms with Crippen LogP contribution in [0.3, 0.4) is 0 Å². The summed E-state index contributed by atoms with van der Waals surface area (Å²) in [6.07, 6.45) is 6.49. The quantitative estimate of drug-likeness (QED) is 0.479. The van der Waals surface area contributed by atoms with E-state index in [0.717, 1.165) is 19.3 Å². The lowest BCUT2D eigenvalue weighted by Crippen LogP contribution is -2.51. The highest BCUT2D eigenvalue weighted by atomic mass is 16.5. The van der Waals surface area contributed by atoms with Crippen molar-refractivity contribution in [2.75, 3.05) is 24.4 Å². The van der Waals surface area contributed by atoms with Crippen molar-refractivity contribution < 1.29 is 23.9 Å². The summed E-state index contributed by atoms with van der Waals surface area (Å²) in [7, 11) is 2.42. The number of hydrogen-bond donors (Lipinski definition) is 2. The van der Waals surface area contributed by atoms with Crippen LogP contribution in [0.1, 0.15) is 50.0 Å². The number of nitrogens with one attached hydrogen (secondary N) is 1. The van der Waals surface area contributed by atoms with Gasteiger partial charge in [-0.25, -0.2) is 9.59 Å². The van der Waals surface area contributed by atoms with Gasteiger partial charge in [0.1, 0.15) is 11.5 Å². The third-order valence-electron chi connectivity index (χ3n) is 9.49. The summed E-state index contributed by atoms with van der Waals surface area (Å²) < 4.78 is 10.2. The first-order valence-electron chi connectivity index (χ1n) is 14.4. The molecule has 0 aromatic heterocycles. The molecule has 5 aliphatic rings. The lowest BCUT2D eigenvalue weighted by molar-refractivity contribution is -0.140. The topological polar surface area (TPSA) is 135 Å². The fourth-order valence-corrected chi connectivity index (χ4v) is 8.16. The molecular formula is C33H34N4O5. The lowest BCUT2D eigenvalue weighted by Gasteiger charge is -2.55. The molecule has 4 saturated carbocycles. The molecule has 1 aliphatic heterocycles. The van der Waals surface area contributed by atoms with E-state index in [1.54, 1.807) is 48.5 Å². The Morgan fingerprint density at radius 2 is 1.55 bits per heavy atom. The number of anilines is 2. The Hall–Kier alpha value is -4.58. The van der Waals surface area contributed by atoms with E-state index in [2.05, 4.69) is 11.4 Å². The molecule has 4 fully saturated rings. The number of nitrogens with two attached hydrogens (primary N) is 1. The number of rotatable bonds is 6. The summed E-state index contributed by atoms with van der Waals surface area (Å²) in [4.78, 5) is 41.8. The smallest absolute Gasteiger partial charge is 0.355 e. The van der Waals surface area contributed by atoms with Gasteiger partial charge in [0.05, 0.1) is 42.8 Å². The van der Waals surface area contributed by atoms with Crippen molar-refractivity contribution >= 4 is 29.2 Å². The van der Waals surface area contributed by atoms with Crippen molar-refractivity contribution in [3.05, 3.63) is 82.8 Å². The molecule has 216 valence electrons. The fourth-order valence-electron chi connectivity index (χ4n) is 8.16. The third-order valence-corrected chi connectivity index (χ3v) is 9.49. The highest BCUT2D eigenvalue weighted by Gasteiger charge is 2.54. The zero-order valence-electron chi connectivity index (χ0n) is 23.8. The molecule has 4 bridgehead atoms. The van der Waals surface area contributed by atoms with Gasteiger partial charge >= 0.3 is 11.9 Å². The molecule has 2 aromatic carbocycles. The number of carbonyl (C=O) groups is 3. The van der Waals surface area contributed by atoms with Crippen LogP contribution in [0, 0.1) is 34.5 Å². The number of carbonyl (C=O) groups excluding carboxylic acids is 3. The van der Waals surface area contributed by atoms with Gasteiger partial charge in [0.15, 0.2) is 0 Å². The van der Waals surface area contributed by atoms with Crippen LogP contribution in [0.25, 0.3) is 0 Å². The number of allylic oxidation sites excluding steroid dienone is 1. The van der Waals surface area contributed by atoms with Crippen LogP contribution in [-0.4, -0.2) is 32.1 Å². The second-order valence-corrected chi connectivity index (χ2v) is 12.0. The summed E-state index contributed by atoms with van der Waals surface area (Å²) >= 11 is 0. The molecule has 9 heteroatoms. The second-order valence-electron chi connectivity index (χ2n) is 12.0. The van der Waals surface area contributed by atoms with E-state index in [1.807, 2.05) is 6.07 Å². The van der Waals surface area contributed by atoms with E-state index in [1.165, 1.54) is 38.4 Å². The Bertz CT molecular complexity index is 1520. The number of nitrogens with zero attached hydrogens (tertiary/aromatic N) is 2. The van der Waals surface area contributed by atoms with Crippen LogP contribution in [0.5, 0.6) is 0 Å². The highest BCUT2D eigenvalue weighted by molar-refractivity contribution is 6.06. The maximum absolute atomic E-state index is 13.8. The highest BCUT2D eigenvalue weighted by Crippen LogP contribution is 2.60. The maximum atomic E-state index is 13.8. The number of methoxy groups -OCH3 is 2. The van der Waals surface area contributed by atoms with Crippen LogP contribution in [-0.2, 0) is 23.9 Å². The van der Waals surface area contributed by atoms with Gasteiger partial charge < -0.3 is 20.5 Å². The minimum absolute atomic E-state index is 0.0241. The molecule has 42 heavy (non-hydrogen) atoms. The summed E-state index contributed by atoms with van der Waals surface area (Å²) in [5.41, 5.74) is 7.67. The number of esters is 2. The minimum atomic E-state index is -0.951. The molecule has 1 heterocycles. The SMILES string of the molecule is COC(=O)C1=C(C(=O)OC)N(c2cccc(NC(=O)C34CC5CC(CC(C5)C3)C4)c2)C(N)=C(C#N)C1c1ccccc1. The van der Waals surface area contributed by atoms with Crippen molar-refractivity contribution in [3.63, 3.8) is 0 Å². The van der Waals surface area contributed by atoms with Crippen LogP contribution in [0.4, 0.5) is 11.4 Å². The van der Waals surface area contributed by atoms with Gasteiger partial charge in [-0.1, -0.05) is 36.4 Å². The summed E-state index contributed by atoms with van der Waals surface area (Å²) in [6, 6.07) is 17.9. The first kappa shape index (κ1) is 27.6. The Morgan fingerprint density at radius 1 is 0.929 bits per heavy atom. The van der Waals surface area contributed by atoms with Gasteiger partial charge in [0, 0.05) is 11.4 Å². The summed E-state index contributed by atoms with van der Waals surface area (Å²) in [6.45, 7) is 0. The van der Waals surface area contributed by atoms with Crippen molar-refractivity contribution in [1.82, 2.24) is 0 Å². The first-order chi connectivity index (χ1) is 20.3. The van der Waals surface area contributed by atoms with Gasteiger partial charge in [0.2, 0.25) is 5.91 Å². The number of benzene rings is 2. The van der Waals surface area contributed by atoms with Crippen LogP contribution >= 0.6 is 0 Å². The Kier molecular flexibility index (Phi) is 7.01. The van der Waals surface area contributed by atoms with Gasteiger partial charge in [-0.15, -0.1) is 0 Å². The molecule has 0 radical (unpaired) electrons. The second kappa shape index (κ2) is 10.7. The van der Waals surface area contributed by atoms with E-state index in [-0.39, 0.29) is 34.0 Å². The van der Waals surface area contributed by atoms with Crippen LogP contribution < -0.4 is 16.0 Å². The van der Waals surface area contributed by atoms with Gasteiger partial charge in [0.25, 0.3) is 0 Å². The number of nitriles is 1. The van der Waals surface area contributed by atoms with E-state index in [9.17, 15) is 19.6 Å². The Morgan fingerprint density at radius 3 is 2.12 bits per heavy atom. The minimum Gasteiger partial charge on any atom is -0.466 e. The van der Waals surface area contributed by atoms with Crippen molar-refractivity contribution in [2.24, 2.45) is 28.9 Å². The van der Waals surface area contributed by atoms with E-state index in [4.69, 9.17) is 15.2 Å². The number of hydrogen-bond acceptors (Lipinski definition) is 8. The van der Waals surface area contributed by atoms with Crippen LogP contribution in [0.15, 0.2) is 77.3 Å². The monoisotopic (exact) mass is 566 g/mol. The maximum Gasteiger partial charge on any atom is 0.355 e. The number of ether oxygens (including phenoxy) is 2. The van der Waals surface area contributed by atoms with Crippen molar-refractivity contribution in [1.29, 1.82) is 5.26 Å². The van der Waals surface area contributed by atoms with E-state index >= 15 is 0 Å². The van der Waals surface area contributed by atoms with Crippen molar-refractivity contribution in [2.45, 2.75) is 44.4 Å². The summed E-state index contributed by atoms with van der Waals surface area (Å²) in [5.74, 6) is -0.687. The summed E-state index contributed by atoms with van der Waals surface area (Å²) in [5, 5.41) is 13.4. The molecule has 2 aromatic rings. The molecule has 1 atom stereocenters. The molecule has 9 nitrogen and oxygen atoms in total. The van der Waals surface area contributed by atoms with Gasteiger partial charge in [-0.05, 0) is 80.0 Å². The van der Waals surface area contributed by atoms with Crippen molar-refractivity contribution in [3.8, 4) is 6.07 Å². The lowest BCUT2D eigenvalue weighted by atomic mass is 9.49. The Balaban J connectivity index is 1.42. The zero-order valence-corrected chi connectivity index (χ0v) is 23.8. The largest absolute Gasteiger partial charge is 0.466 e. The van der Waals surface area contributed by atoms with E-state index in [0.29, 0.717) is 34.7 Å². The molecular weight excluding hydrogens is 532 g/mol. The standard InChI is InChI=1S/C33H34N4O5/c1-41-30(38)27-26(22-7-4-3-5-8-22)25(18-34)29(35)37(28(27)31(39)42-2)24-10-6-9-23(14-24)36-32(40)33-15-19-11-20(16-33)13-21(12-19)17-33/h3-10,14,19-21,26H,11-13,15-17,35H2,1-2H3,(H,36,40). The number of amides is 1. The zero-order chi connectivity index (χ0) is 29.6. The predicted molar refractivity (Wildman–Crippen MR) is 155 cm³/mol. The molecule has 0 spiro atoms. The average molecular weight is 567 g/mol. The first-order valence-corrected chi connectivity index (χ1v) is 14.4. The molecule has 7 rings (SSSR count). The average Bonchev–Trinajstić information content (AvgIpc) is 2.99. The fraction of sp³-hybridized carbons (Fsp3) is 0.394. The predicted octanol–water partition coefficient (Wildman–Crippen LogP) is 4.74. The molecule has 1 amide bonds. The molecule has 4 aliphatic carbocycles. The molecule has 3 N–H and O–H groups in total. The van der Waals surface area contributed by atoms with Crippen LogP contribution in [0.2, 0.25) is 0 Å². The Labute approximate surface area is 245 Å². The van der Waals surface area contributed by atoms with Gasteiger partial charge in [-0.3, -0.25) is 9.69 Å². The molecule has 1 unspecified atom stereocenters.